The van der Waals surface area contributed by atoms with Gasteiger partial charge in [-0.3, -0.25) is 0 Å². The van der Waals surface area contributed by atoms with Gasteiger partial charge in [-0.2, -0.15) is 0 Å². The van der Waals surface area contributed by atoms with Crippen LogP contribution >= 0.6 is 35.0 Å². The molecule has 0 amide bonds. The minimum atomic E-state index is 0.716. The van der Waals surface area contributed by atoms with E-state index in [9.17, 15) is 0 Å². The molecule has 0 unspecified atom stereocenters. The van der Waals surface area contributed by atoms with Crippen molar-refractivity contribution in [1.82, 2.24) is 4.98 Å². The zero-order valence-electron chi connectivity index (χ0n) is 8.36. The van der Waals surface area contributed by atoms with E-state index in [4.69, 9.17) is 23.2 Å². The Kier molecular flexibility index (Phi) is 4.10. The molecule has 0 aliphatic rings. The van der Waals surface area contributed by atoms with Gasteiger partial charge >= 0.3 is 0 Å². The Hall–Kier alpha value is -0.700. The van der Waals surface area contributed by atoms with Crippen molar-refractivity contribution in [3.05, 3.63) is 58.2 Å². The lowest BCUT2D eigenvalue weighted by atomic mass is 10.2. The molecule has 0 spiro atoms. The van der Waals surface area contributed by atoms with Gasteiger partial charge in [0.05, 0.1) is 5.03 Å². The Balaban J connectivity index is 1.99. The van der Waals surface area contributed by atoms with Gasteiger partial charge in [-0.15, -0.1) is 11.8 Å². The van der Waals surface area contributed by atoms with Crippen LogP contribution in [0.3, 0.4) is 0 Å². The lowest BCUT2D eigenvalue weighted by molar-refractivity contribution is 1.13. The van der Waals surface area contributed by atoms with E-state index in [2.05, 4.69) is 4.98 Å². The topological polar surface area (TPSA) is 12.9 Å². The summed E-state index contributed by atoms with van der Waals surface area (Å²) in [6, 6.07) is 11.4. The van der Waals surface area contributed by atoms with Crippen LogP contribution in [-0.4, -0.2) is 4.98 Å². The van der Waals surface area contributed by atoms with Crippen LogP contribution in [0.25, 0.3) is 0 Å². The molecule has 0 N–H and O–H groups in total. The molecule has 1 aromatic carbocycles. The van der Waals surface area contributed by atoms with E-state index in [1.165, 1.54) is 5.56 Å². The second-order valence-electron chi connectivity index (χ2n) is 3.23. The number of thioether (sulfide) groups is 1. The highest BCUT2D eigenvalue weighted by Crippen LogP contribution is 2.23. The second kappa shape index (κ2) is 5.58. The molecule has 0 radical (unpaired) electrons. The van der Waals surface area contributed by atoms with Crippen molar-refractivity contribution in [2.24, 2.45) is 0 Å². The molecule has 0 fully saturated rings. The average Bonchev–Trinajstić information content (AvgIpc) is 2.28. The molecule has 16 heavy (non-hydrogen) atoms. The number of nitrogens with zero attached hydrogens (tertiary/aromatic N) is 1. The maximum atomic E-state index is 5.88. The molecule has 0 aliphatic heterocycles. The Morgan fingerprint density at radius 3 is 2.44 bits per heavy atom. The average molecular weight is 270 g/mol. The number of hydrogen-bond donors (Lipinski definition) is 0. The predicted molar refractivity (Wildman–Crippen MR) is 70.3 cm³/mol. The van der Waals surface area contributed by atoms with E-state index in [0.29, 0.717) is 5.02 Å². The van der Waals surface area contributed by atoms with Crippen LogP contribution in [0.1, 0.15) is 5.56 Å². The summed E-state index contributed by atoms with van der Waals surface area (Å²) in [6.45, 7) is 0. The molecule has 1 heterocycles. The van der Waals surface area contributed by atoms with Crippen molar-refractivity contribution < 1.29 is 0 Å². The molecule has 1 nitrogen and oxygen atoms in total. The second-order valence-corrected chi connectivity index (χ2v) is 5.10. The van der Waals surface area contributed by atoms with Crippen molar-refractivity contribution >= 4 is 35.0 Å². The normalized spacial score (nSPS) is 10.4. The van der Waals surface area contributed by atoms with Gasteiger partial charge in [0.2, 0.25) is 0 Å². The molecular formula is C12H9Cl2NS. The first-order valence-electron chi connectivity index (χ1n) is 4.73. The molecule has 82 valence electrons. The van der Waals surface area contributed by atoms with Crippen molar-refractivity contribution in [3.63, 3.8) is 0 Å². The summed E-state index contributed by atoms with van der Waals surface area (Å²) < 4.78 is 0. The third kappa shape index (κ3) is 3.41. The minimum absolute atomic E-state index is 0.716. The standard InChI is InChI=1S/C12H9Cl2NS/c13-10-3-1-9(2-4-10)8-16-12-7-11(14)5-6-15-12/h1-7H,8H2. The lowest BCUT2D eigenvalue weighted by Gasteiger charge is -2.01. The van der Waals surface area contributed by atoms with E-state index in [1.807, 2.05) is 30.3 Å². The first-order chi connectivity index (χ1) is 7.74. The fourth-order valence-corrected chi connectivity index (χ4v) is 2.41. The summed E-state index contributed by atoms with van der Waals surface area (Å²) in [5, 5.41) is 2.41. The SMILES string of the molecule is Clc1ccc(CSc2cc(Cl)ccn2)cc1. The van der Waals surface area contributed by atoms with Gasteiger partial charge < -0.3 is 0 Å². The van der Waals surface area contributed by atoms with Crippen LogP contribution in [0.4, 0.5) is 0 Å². The van der Waals surface area contributed by atoms with Crippen LogP contribution in [0.15, 0.2) is 47.6 Å². The first kappa shape index (κ1) is 11.8. The zero-order valence-corrected chi connectivity index (χ0v) is 10.7. The Morgan fingerprint density at radius 1 is 1.00 bits per heavy atom. The number of rotatable bonds is 3. The molecule has 0 saturated heterocycles. The van der Waals surface area contributed by atoms with Gasteiger partial charge in [-0.05, 0) is 29.8 Å². The van der Waals surface area contributed by atoms with Crippen molar-refractivity contribution in [1.29, 1.82) is 0 Å². The summed E-state index contributed by atoms with van der Waals surface area (Å²) in [5.74, 6) is 0.866. The molecule has 0 bridgehead atoms. The van der Waals surface area contributed by atoms with Crippen LogP contribution in [0.5, 0.6) is 0 Å². The summed E-state index contributed by atoms with van der Waals surface area (Å²) >= 11 is 13.3. The summed E-state index contributed by atoms with van der Waals surface area (Å²) in [7, 11) is 0. The molecule has 0 saturated carbocycles. The summed E-state index contributed by atoms with van der Waals surface area (Å²) in [4.78, 5) is 4.22. The first-order valence-corrected chi connectivity index (χ1v) is 6.47. The summed E-state index contributed by atoms with van der Waals surface area (Å²) in [5.41, 5.74) is 1.22. The Labute approximate surface area is 109 Å². The van der Waals surface area contributed by atoms with E-state index >= 15 is 0 Å². The van der Waals surface area contributed by atoms with Crippen LogP contribution in [0.2, 0.25) is 10.0 Å². The minimum Gasteiger partial charge on any atom is -0.250 e. The van der Waals surface area contributed by atoms with Crippen molar-refractivity contribution in [2.45, 2.75) is 10.8 Å². The summed E-state index contributed by atoms with van der Waals surface area (Å²) in [6.07, 6.45) is 1.71. The number of pyridine rings is 1. The molecule has 2 aromatic rings. The van der Waals surface area contributed by atoms with Crippen molar-refractivity contribution in [2.75, 3.05) is 0 Å². The van der Waals surface area contributed by atoms with Gasteiger partial charge in [0, 0.05) is 22.0 Å². The molecule has 0 atom stereocenters. The Morgan fingerprint density at radius 2 is 1.75 bits per heavy atom. The van der Waals surface area contributed by atoms with Gasteiger partial charge in [0.25, 0.3) is 0 Å². The van der Waals surface area contributed by atoms with E-state index < -0.39 is 0 Å². The number of hydrogen-bond acceptors (Lipinski definition) is 2. The van der Waals surface area contributed by atoms with E-state index in [1.54, 1.807) is 24.0 Å². The van der Waals surface area contributed by atoms with Gasteiger partial charge in [-0.1, -0.05) is 35.3 Å². The molecular weight excluding hydrogens is 261 g/mol. The maximum absolute atomic E-state index is 5.88. The van der Waals surface area contributed by atoms with Gasteiger partial charge in [-0.25, -0.2) is 4.98 Å². The largest absolute Gasteiger partial charge is 0.250 e. The number of halogens is 2. The Bertz CT molecular complexity index is 471. The number of benzene rings is 1. The van der Waals surface area contributed by atoms with Crippen LogP contribution in [-0.2, 0) is 5.75 Å². The van der Waals surface area contributed by atoms with Crippen LogP contribution < -0.4 is 0 Å². The third-order valence-electron chi connectivity index (χ3n) is 2.00. The van der Waals surface area contributed by atoms with E-state index in [0.717, 1.165) is 15.8 Å². The molecule has 2 rings (SSSR count). The van der Waals surface area contributed by atoms with Gasteiger partial charge in [0.15, 0.2) is 0 Å². The highest BCUT2D eigenvalue weighted by molar-refractivity contribution is 7.98. The monoisotopic (exact) mass is 269 g/mol. The predicted octanol–water partition coefficient (Wildman–Crippen LogP) is 4.68. The molecule has 4 heteroatoms. The smallest absolute Gasteiger partial charge is 0.0977 e. The fraction of sp³-hybridized carbons (Fsp3) is 0.0833. The fourth-order valence-electron chi connectivity index (χ4n) is 1.20. The van der Waals surface area contributed by atoms with Gasteiger partial charge in [0.1, 0.15) is 0 Å². The molecule has 1 aromatic heterocycles. The highest BCUT2D eigenvalue weighted by Gasteiger charge is 1.98. The highest BCUT2D eigenvalue weighted by atomic mass is 35.5. The van der Waals surface area contributed by atoms with E-state index in [-0.39, 0.29) is 0 Å². The quantitative estimate of drug-likeness (QED) is 0.751. The van der Waals surface area contributed by atoms with Crippen LogP contribution in [0, 0.1) is 0 Å². The third-order valence-corrected chi connectivity index (χ3v) is 3.48. The van der Waals surface area contributed by atoms with Crippen molar-refractivity contribution in [3.8, 4) is 0 Å². The number of aromatic nitrogens is 1. The zero-order chi connectivity index (χ0) is 11.4. The maximum Gasteiger partial charge on any atom is 0.0977 e. The lowest BCUT2D eigenvalue weighted by Crippen LogP contribution is -1.82. The molecule has 0 aliphatic carbocycles.